The van der Waals surface area contributed by atoms with E-state index < -0.39 is 0 Å². The number of unbranched alkanes of at least 4 members (excludes halogenated alkanes) is 5. The van der Waals surface area contributed by atoms with Gasteiger partial charge in [0, 0.05) is 16.1 Å². The molecule has 0 amide bonds. The van der Waals surface area contributed by atoms with E-state index in [0.717, 1.165) is 35.8 Å². The number of hydrogen-bond donors (Lipinski definition) is 1. The van der Waals surface area contributed by atoms with Crippen LogP contribution >= 0.6 is 15.9 Å². The lowest BCUT2D eigenvalue weighted by Gasteiger charge is -2.21. The maximum absolute atomic E-state index is 14.1. The third kappa shape index (κ3) is 6.92. The molecule has 0 radical (unpaired) electrons. The molecule has 1 atom stereocenters. The summed E-state index contributed by atoms with van der Waals surface area (Å²) < 4.78 is 15.0. The van der Waals surface area contributed by atoms with Gasteiger partial charge in [0.1, 0.15) is 5.82 Å². The second kappa shape index (κ2) is 11.2. The predicted molar refractivity (Wildman–Crippen MR) is 93.1 cm³/mol. The Hall–Kier alpha value is -0.410. The van der Waals surface area contributed by atoms with E-state index in [0.29, 0.717) is 0 Å². The van der Waals surface area contributed by atoms with Crippen molar-refractivity contribution in [2.24, 2.45) is 0 Å². The topological polar surface area (TPSA) is 12.0 Å². The third-order valence-corrected chi connectivity index (χ3v) is 4.53. The number of nitrogens with one attached hydrogen (secondary N) is 1. The smallest absolute Gasteiger partial charge is 0.129 e. The second-order valence-electron chi connectivity index (χ2n) is 5.70. The monoisotopic (exact) mass is 357 g/mol. The Labute approximate surface area is 137 Å². The van der Waals surface area contributed by atoms with E-state index in [1.807, 2.05) is 6.07 Å². The molecule has 0 aliphatic carbocycles. The number of halogens is 2. The molecule has 0 saturated heterocycles. The van der Waals surface area contributed by atoms with E-state index in [2.05, 4.69) is 35.1 Å². The number of benzene rings is 1. The number of rotatable bonds is 11. The zero-order chi connectivity index (χ0) is 15.5. The highest BCUT2D eigenvalue weighted by Gasteiger charge is 2.17. The summed E-state index contributed by atoms with van der Waals surface area (Å²) in [7, 11) is 0. The molecule has 0 aromatic heterocycles. The lowest BCUT2D eigenvalue weighted by Crippen LogP contribution is -2.23. The summed E-state index contributed by atoms with van der Waals surface area (Å²) in [5, 5.41) is 3.50. The van der Waals surface area contributed by atoms with Gasteiger partial charge in [-0.2, -0.15) is 0 Å². The largest absolute Gasteiger partial charge is 0.310 e. The van der Waals surface area contributed by atoms with Crippen molar-refractivity contribution in [1.29, 1.82) is 0 Å². The van der Waals surface area contributed by atoms with Crippen LogP contribution in [-0.4, -0.2) is 6.54 Å². The summed E-state index contributed by atoms with van der Waals surface area (Å²) >= 11 is 3.50. The van der Waals surface area contributed by atoms with Gasteiger partial charge < -0.3 is 5.32 Å². The molecule has 0 fully saturated rings. The van der Waals surface area contributed by atoms with Crippen LogP contribution in [0.4, 0.5) is 4.39 Å². The van der Waals surface area contributed by atoms with Gasteiger partial charge in [-0.15, -0.1) is 0 Å². The first-order valence-corrected chi connectivity index (χ1v) is 9.17. The first kappa shape index (κ1) is 18.6. The molecule has 1 unspecified atom stereocenters. The molecular formula is C18H29BrFN. The molecule has 1 aromatic rings. The van der Waals surface area contributed by atoms with Crippen LogP contribution in [0, 0.1) is 5.82 Å². The van der Waals surface area contributed by atoms with Gasteiger partial charge in [-0.3, -0.25) is 0 Å². The van der Waals surface area contributed by atoms with Crippen molar-refractivity contribution in [3.8, 4) is 0 Å². The van der Waals surface area contributed by atoms with Crippen molar-refractivity contribution >= 4 is 15.9 Å². The molecule has 1 aromatic carbocycles. The van der Waals surface area contributed by atoms with E-state index in [9.17, 15) is 4.39 Å². The van der Waals surface area contributed by atoms with E-state index in [1.54, 1.807) is 12.1 Å². The SMILES string of the molecule is CCCCCCCCC(NCCC)c1c(F)cccc1Br. The highest BCUT2D eigenvalue weighted by Crippen LogP contribution is 2.29. The summed E-state index contributed by atoms with van der Waals surface area (Å²) in [5.41, 5.74) is 0.791. The average Bonchev–Trinajstić information content (AvgIpc) is 2.47. The van der Waals surface area contributed by atoms with Crippen LogP contribution in [0.1, 0.15) is 76.8 Å². The zero-order valence-corrected chi connectivity index (χ0v) is 15.0. The Morgan fingerprint density at radius 2 is 1.76 bits per heavy atom. The Morgan fingerprint density at radius 1 is 1.05 bits per heavy atom. The molecule has 1 N–H and O–H groups in total. The molecular weight excluding hydrogens is 329 g/mol. The zero-order valence-electron chi connectivity index (χ0n) is 13.4. The van der Waals surface area contributed by atoms with Crippen molar-refractivity contribution in [3.63, 3.8) is 0 Å². The van der Waals surface area contributed by atoms with Crippen LogP contribution in [0.5, 0.6) is 0 Å². The molecule has 1 rings (SSSR count). The molecule has 0 aliphatic heterocycles. The van der Waals surface area contributed by atoms with Gasteiger partial charge in [-0.05, 0) is 31.5 Å². The van der Waals surface area contributed by atoms with Crippen molar-refractivity contribution in [2.75, 3.05) is 6.54 Å². The van der Waals surface area contributed by atoms with Crippen LogP contribution in [0.25, 0.3) is 0 Å². The fourth-order valence-electron chi connectivity index (χ4n) is 2.64. The Kier molecular flexibility index (Phi) is 9.94. The van der Waals surface area contributed by atoms with E-state index >= 15 is 0 Å². The van der Waals surface area contributed by atoms with Gasteiger partial charge in [0.25, 0.3) is 0 Å². The van der Waals surface area contributed by atoms with Crippen molar-refractivity contribution in [3.05, 3.63) is 34.1 Å². The third-order valence-electron chi connectivity index (χ3n) is 3.84. The van der Waals surface area contributed by atoms with Crippen molar-refractivity contribution < 1.29 is 4.39 Å². The molecule has 1 nitrogen and oxygen atoms in total. The minimum absolute atomic E-state index is 0.107. The lowest BCUT2D eigenvalue weighted by molar-refractivity contribution is 0.447. The van der Waals surface area contributed by atoms with E-state index in [1.165, 1.54) is 32.1 Å². The van der Waals surface area contributed by atoms with Crippen molar-refractivity contribution in [1.82, 2.24) is 5.32 Å². The molecule has 0 aliphatic rings. The quantitative estimate of drug-likeness (QED) is 0.453. The summed E-state index contributed by atoms with van der Waals surface area (Å²) in [5.74, 6) is -0.107. The maximum atomic E-state index is 14.1. The van der Waals surface area contributed by atoms with Gasteiger partial charge in [0.2, 0.25) is 0 Å². The normalized spacial score (nSPS) is 12.6. The minimum Gasteiger partial charge on any atom is -0.310 e. The first-order chi connectivity index (χ1) is 10.2. The molecule has 0 saturated carbocycles. The molecule has 0 spiro atoms. The van der Waals surface area contributed by atoms with Gasteiger partial charge in [-0.1, -0.05) is 74.4 Å². The molecule has 120 valence electrons. The fourth-order valence-corrected chi connectivity index (χ4v) is 3.26. The summed E-state index contributed by atoms with van der Waals surface area (Å²) in [6, 6.07) is 5.36. The molecule has 0 bridgehead atoms. The Bertz CT molecular complexity index is 375. The standard InChI is InChI=1S/C18H29BrFN/c1-3-5-6-7-8-9-13-17(21-14-4-2)18-15(19)11-10-12-16(18)20/h10-12,17,21H,3-9,13-14H2,1-2H3. The summed E-state index contributed by atoms with van der Waals surface area (Å²) in [6.45, 7) is 5.31. The van der Waals surface area contributed by atoms with E-state index in [-0.39, 0.29) is 11.9 Å². The lowest BCUT2D eigenvalue weighted by atomic mass is 9.99. The first-order valence-electron chi connectivity index (χ1n) is 8.38. The van der Waals surface area contributed by atoms with Crippen LogP contribution < -0.4 is 5.32 Å². The summed E-state index contributed by atoms with van der Waals surface area (Å²) in [4.78, 5) is 0. The predicted octanol–water partition coefficient (Wildman–Crippen LogP) is 6.38. The maximum Gasteiger partial charge on any atom is 0.129 e. The van der Waals surface area contributed by atoms with Crippen LogP contribution in [0.3, 0.4) is 0 Å². The minimum atomic E-state index is -0.107. The van der Waals surface area contributed by atoms with Crippen molar-refractivity contribution in [2.45, 2.75) is 71.3 Å². The highest BCUT2D eigenvalue weighted by atomic mass is 79.9. The molecule has 0 heterocycles. The highest BCUT2D eigenvalue weighted by molar-refractivity contribution is 9.10. The van der Waals surface area contributed by atoms with Gasteiger partial charge >= 0.3 is 0 Å². The van der Waals surface area contributed by atoms with Crippen LogP contribution in [0.15, 0.2) is 22.7 Å². The van der Waals surface area contributed by atoms with Gasteiger partial charge in [-0.25, -0.2) is 4.39 Å². The molecule has 21 heavy (non-hydrogen) atoms. The fraction of sp³-hybridized carbons (Fsp3) is 0.667. The average molecular weight is 358 g/mol. The Morgan fingerprint density at radius 3 is 2.43 bits per heavy atom. The van der Waals surface area contributed by atoms with Gasteiger partial charge in [0.15, 0.2) is 0 Å². The Balaban J connectivity index is 2.55. The second-order valence-corrected chi connectivity index (χ2v) is 6.55. The molecule has 3 heteroatoms. The van der Waals surface area contributed by atoms with Crippen LogP contribution in [-0.2, 0) is 0 Å². The number of hydrogen-bond acceptors (Lipinski definition) is 1. The summed E-state index contributed by atoms with van der Waals surface area (Å²) in [6.07, 6.45) is 9.71. The van der Waals surface area contributed by atoms with Gasteiger partial charge in [0.05, 0.1) is 0 Å². The van der Waals surface area contributed by atoms with E-state index in [4.69, 9.17) is 0 Å². The van der Waals surface area contributed by atoms with Crippen LogP contribution in [0.2, 0.25) is 0 Å².